The van der Waals surface area contributed by atoms with Gasteiger partial charge in [-0.25, -0.2) is 9.98 Å². The Morgan fingerprint density at radius 1 is 1.21 bits per heavy atom. The number of pyridine rings is 1. The van der Waals surface area contributed by atoms with Gasteiger partial charge in [-0.3, -0.25) is 0 Å². The number of amidine groups is 1. The highest BCUT2D eigenvalue weighted by Gasteiger charge is 2.09. The first kappa shape index (κ1) is 12.7. The zero-order chi connectivity index (χ0) is 13.7. The smallest absolute Gasteiger partial charge is 0.234 e. The molecule has 1 aromatic heterocycles. The van der Waals surface area contributed by atoms with Crippen molar-refractivity contribution >= 4 is 11.7 Å². The second-order valence-corrected chi connectivity index (χ2v) is 4.18. The number of aryl methyl sites for hydroxylation is 2. The molecule has 0 unspecified atom stereocenters. The van der Waals surface area contributed by atoms with Crippen LogP contribution in [0.4, 0.5) is 5.82 Å². The van der Waals surface area contributed by atoms with Gasteiger partial charge in [-0.05, 0) is 31.5 Å². The Hall–Kier alpha value is -2.74. The Labute approximate surface area is 111 Å². The summed E-state index contributed by atoms with van der Waals surface area (Å²) >= 11 is 0. The van der Waals surface area contributed by atoms with E-state index in [-0.39, 0.29) is 0 Å². The van der Waals surface area contributed by atoms with Crippen LogP contribution >= 0.6 is 0 Å². The van der Waals surface area contributed by atoms with Crippen LogP contribution in [0.15, 0.2) is 47.5 Å². The summed E-state index contributed by atoms with van der Waals surface area (Å²) in [5, 5.41) is 11.6. The number of hydrogen-bond acceptors (Lipinski definition) is 3. The van der Waals surface area contributed by atoms with Crippen molar-refractivity contribution in [2.24, 2.45) is 4.99 Å². The first-order valence-electron chi connectivity index (χ1n) is 5.88. The minimum Gasteiger partial charge on any atom is -0.234 e. The zero-order valence-electron chi connectivity index (χ0n) is 10.8. The van der Waals surface area contributed by atoms with Crippen molar-refractivity contribution in [1.82, 2.24) is 10.4 Å². The molecule has 0 atom stereocenters. The van der Waals surface area contributed by atoms with Gasteiger partial charge in [0.25, 0.3) is 5.39 Å². The van der Waals surface area contributed by atoms with Crippen LogP contribution in [-0.2, 0) is 0 Å². The van der Waals surface area contributed by atoms with Crippen molar-refractivity contribution in [3.8, 4) is 0 Å². The molecule has 0 fully saturated rings. The van der Waals surface area contributed by atoms with E-state index in [0.717, 1.165) is 16.8 Å². The highest BCUT2D eigenvalue weighted by Crippen LogP contribution is 2.14. The fourth-order valence-electron chi connectivity index (χ4n) is 1.79. The molecule has 5 nitrogen and oxygen atoms in total. The second kappa shape index (κ2) is 5.74. The maximum atomic E-state index is 8.70. The van der Waals surface area contributed by atoms with E-state index in [1.54, 1.807) is 0 Å². The monoisotopic (exact) mass is 252 g/mol. The SMILES string of the molecule is Cc1cc(C)nc(/N=C(\N[N+]#N)c2ccccc2)c1. The Balaban J connectivity index is 2.44. The summed E-state index contributed by atoms with van der Waals surface area (Å²) in [5.41, 5.74) is 5.28. The molecule has 0 saturated carbocycles. The Kier molecular flexibility index (Phi) is 3.84. The summed E-state index contributed by atoms with van der Waals surface area (Å²) in [5.74, 6) is 1.02. The predicted octanol–water partition coefficient (Wildman–Crippen LogP) is 3.13. The van der Waals surface area contributed by atoms with Crippen molar-refractivity contribution in [1.29, 1.82) is 5.39 Å². The van der Waals surface area contributed by atoms with Crippen LogP contribution in [0, 0.1) is 19.2 Å². The van der Waals surface area contributed by atoms with Gasteiger partial charge in [-0.1, -0.05) is 30.3 Å². The van der Waals surface area contributed by atoms with Crippen LogP contribution < -0.4 is 5.43 Å². The van der Waals surface area contributed by atoms with E-state index in [1.807, 2.05) is 56.3 Å². The van der Waals surface area contributed by atoms with Crippen molar-refractivity contribution in [3.63, 3.8) is 0 Å². The summed E-state index contributed by atoms with van der Waals surface area (Å²) in [7, 11) is 0. The molecule has 94 valence electrons. The standard InChI is InChI=1S/C14H14N5/c1-10-8-11(2)16-13(9-10)17-14(18-19-15)12-6-4-3-5-7-12/h3-9H,1-2H3,(H,16,17,18)/q+1. The topological polar surface area (TPSA) is 65.4 Å². The van der Waals surface area contributed by atoms with Gasteiger partial charge in [-0.15, -0.1) is 0 Å². The van der Waals surface area contributed by atoms with Crippen LogP contribution in [0.1, 0.15) is 16.8 Å². The number of nitrogens with zero attached hydrogens (tertiary/aromatic N) is 4. The predicted molar refractivity (Wildman–Crippen MR) is 74.6 cm³/mol. The van der Waals surface area contributed by atoms with Gasteiger partial charge < -0.3 is 0 Å². The first-order valence-corrected chi connectivity index (χ1v) is 5.88. The molecule has 0 saturated heterocycles. The number of hydrogen-bond donors (Lipinski definition) is 1. The molecule has 0 aliphatic heterocycles. The fraction of sp³-hybridized carbons (Fsp3) is 0.143. The van der Waals surface area contributed by atoms with E-state index in [9.17, 15) is 0 Å². The number of diazo groups is 1. The van der Waals surface area contributed by atoms with E-state index in [2.05, 4.69) is 20.5 Å². The largest absolute Gasteiger partial charge is 0.309 e. The zero-order valence-corrected chi connectivity index (χ0v) is 10.8. The minimum atomic E-state index is 0.445. The van der Waals surface area contributed by atoms with Crippen LogP contribution in [-0.4, -0.2) is 10.8 Å². The number of nitrogens with one attached hydrogen (secondary N) is 1. The molecule has 1 N–H and O–H groups in total. The van der Waals surface area contributed by atoms with Gasteiger partial charge in [0.05, 0.1) is 0 Å². The summed E-state index contributed by atoms with van der Waals surface area (Å²) in [6.07, 6.45) is 0. The molecule has 0 spiro atoms. The summed E-state index contributed by atoms with van der Waals surface area (Å²) in [4.78, 5) is 8.71. The van der Waals surface area contributed by atoms with Crippen LogP contribution in [0.2, 0.25) is 0 Å². The molecule has 0 radical (unpaired) electrons. The number of aliphatic imine (C=N–C) groups is 1. The molecule has 1 heterocycles. The Morgan fingerprint density at radius 3 is 2.58 bits per heavy atom. The normalized spacial score (nSPS) is 10.9. The second-order valence-electron chi connectivity index (χ2n) is 4.18. The van der Waals surface area contributed by atoms with Gasteiger partial charge in [0, 0.05) is 16.7 Å². The third kappa shape index (κ3) is 3.36. The number of aromatic nitrogens is 1. The molecule has 2 rings (SSSR count). The van der Waals surface area contributed by atoms with Gasteiger partial charge in [0.15, 0.2) is 5.82 Å². The van der Waals surface area contributed by atoms with E-state index in [1.165, 1.54) is 0 Å². The first-order chi connectivity index (χ1) is 9.19. The quantitative estimate of drug-likeness (QED) is 0.386. The van der Waals surface area contributed by atoms with Crippen molar-refractivity contribution in [2.75, 3.05) is 0 Å². The maximum absolute atomic E-state index is 8.70. The third-order valence-electron chi connectivity index (χ3n) is 2.51. The third-order valence-corrected chi connectivity index (χ3v) is 2.51. The molecule has 5 heteroatoms. The summed E-state index contributed by atoms with van der Waals surface area (Å²) in [6.45, 7) is 3.90. The summed E-state index contributed by atoms with van der Waals surface area (Å²) in [6, 6.07) is 13.3. The number of rotatable bonds is 2. The molecule has 0 bridgehead atoms. The van der Waals surface area contributed by atoms with Crippen LogP contribution in [0.5, 0.6) is 0 Å². The lowest BCUT2D eigenvalue weighted by atomic mass is 10.2. The van der Waals surface area contributed by atoms with Crippen molar-refractivity contribution in [3.05, 3.63) is 64.4 Å². The fourth-order valence-corrected chi connectivity index (χ4v) is 1.79. The van der Waals surface area contributed by atoms with Gasteiger partial charge in [-0.2, -0.15) is 0 Å². The molecular weight excluding hydrogens is 238 g/mol. The Bertz CT molecular complexity index is 620. The molecule has 2 aromatic rings. The van der Waals surface area contributed by atoms with E-state index in [4.69, 9.17) is 5.39 Å². The van der Waals surface area contributed by atoms with Gasteiger partial charge in [0.2, 0.25) is 5.84 Å². The minimum absolute atomic E-state index is 0.445. The molecule has 0 aliphatic carbocycles. The lowest BCUT2D eigenvalue weighted by Gasteiger charge is -2.01. The molecular formula is C14H14N5+. The van der Waals surface area contributed by atoms with Gasteiger partial charge >= 0.3 is 5.08 Å². The average molecular weight is 252 g/mol. The van der Waals surface area contributed by atoms with Crippen LogP contribution in [0.3, 0.4) is 0 Å². The molecule has 0 amide bonds. The molecule has 19 heavy (non-hydrogen) atoms. The molecule has 1 aromatic carbocycles. The van der Waals surface area contributed by atoms with Crippen LogP contribution in [0.25, 0.3) is 5.08 Å². The highest BCUT2D eigenvalue weighted by atomic mass is 15.3. The lowest BCUT2D eigenvalue weighted by molar-refractivity contribution is 1.12. The highest BCUT2D eigenvalue weighted by molar-refractivity contribution is 6.00. The van der Waals surface area contributed by atoms with E-state index >= 15 is 0 Å². The molecule has 0 aliphatic rings. The number of benzene rings is 1. The van der Waals surface area contributed by atoms with Crippen molar-refractivity contribution < 1.29 is 0 Å². The van der Waals surface area contributed by atoms with Crippen molar-refractivity contribution in [2.45, 2.75) is 13.8 Å². The lowest BCUT2D eigenvalue weighted by Crippen LogP contribution is -2.16. The Morgan fingerprint density at radius 2 is 1.95 bits per heavy atom. The van der Waals surface area contributed by atoms with E-state index in [0.29, 0.717) is 11.7 Å². The maximum Gasteiger partial charge on any atom is 0.309 e. The summed E-state index contributed by atoms with van der Waals surface area (Å²) < 4.78 is 0. The average Bonchev–Trinajstić information content (AvgIpc) is 2.38. The van der Waals surface area contributed by atoms with E-state index < -0.39 is 0 Å². The van der Waals surface area contributed by atoms with Gasteiger partial charge in [0.1, 0.15) is 0 Å².